The Labute approximate surface area is 150 Å². The number of hydrogen-bond acceptors (Lipinski definition) is 7. The zero-order chi connectivity index (χ0) is 18.9. The maximum absolute atomic E-state index is 12.9. The molecule has 8 nitrogen and oxygen atoms in total. The van der Waals surface area contributed by atoms with Gasteiger partial charge in [0, 0.05) is 12.1 Å². The van der Waals surface area contributed by atoms with Gasteiger partial charge in [0.2, 0.25) is 0 Å². The van der Waals surface area contributed by atoms with Crippen LogP contribution < -0.4 is 14.2 Å². The molecule has 0 saturated carbocycles. The van der Waals surface area contributed by atoms with Gasteiger partial charge in [-0.1, -0.05) is 18.1 Å². The molecule has 0 bridgehead atoms. The van der Waals surface area contributed by atoms with Gasteiger partial charge in [0.15, 0.2) is 11.4 Å². The number of phenolic OH excluding ortho intramolecular Hbond substituents is 1. The van der Waals surface area contributed by atoms with E-state index < -0.39 is 10.0 Å². The predicted octanol–water partition coefficient (Wildman–Crippen LogP) is 2.91. The Morgan fingerprint density at radius 1 is 1.15 bits per heavy atom. The van der Waals surface area contributed by atoms with Gasteiger partial charge in [0.05, 0.1) is 14.2 Å². The Morgan fingerprint density at radius 3 is 2.54 bits per heavy atom. The monoisotopic (exact) mass is 378 g/mol. The van der Waals surface area contributed by atoms with E-state index in [1.807, 2.05) is 6.92 Å². The number of nitrogens with one attached hydrogen (secondary N) is 1. The van der Waals surface area contributed by atoms with Gasteiger partial charge >= 0.3 is 0 Å². The Kier molecular flexibility index (Phi) is 4.64. The van der Waals surface area contributed by atoms with Crippen LogP contribution in [0.25, 0.3) is 11.0 Å². The molecule has 0 aliphatic rings. The summed E-state index contributed by atoms with van der Waals surface area (Å²) in [5.41, 5.74) is 1.03. The van der Waals surface area contributed by atoms with E-state index >= 15 is 0 Å². The standard InChI is InChI=1S/C17H18N2O6S/c1-4-10-5-6-12(23-2)15(7-10)26(21,22)19-17-16-13(24-3)8-11(20)9-14(16)25-18-17/h5-9,20H,4H2,1-3H3,(H,18,19). The van der Waals surface area contributed by atoms with Crippen molar-refractivity contribution >= 4 is 26.8 Å². The van der Waals surface area contributed by atoms with Crippen molar-refractivity contribution in [2.24, 2.45) is 0 Å². The molecule has 2 aromatic carbocycles. The predicted molar refractivity (Wildman–Crippen MR) is 95.4 cm³/mol. The number of sulfonamides is 1. The SMILES string of the molecule is CCc1ccc(OC)c(S(=O)(=O)Nc2noc3cc(O)cc(OC)c23)c1. The van der Waals surface area contributed by atoms with Crippen LogP contribution in [0.4, 0.5) is 5.82 Å². The summed E-state index contributed by atoms with van der Waals surface area (Å²) in [7, 11) is -1.20. The minimum absolute atomic E-state index is 0.00625. The summed E-state index contributed by atoms with van der Waals surface area (Å²) in [5.74, 6) is 0.318. The Bertz CT molecular complexity index is 1060. The first-order valence-corrected chi connectivity index (χ1v) is 9.24. The molecule has 9 heteroatoms. The van der Waals surface area contributed by atoms with Crippen LogP contribution in [-0.4, -0.2) is 32.9 Å². The zero-order valence-electron chi connectivity index (χ0n) is 14.4. The number of aromatic hydroxyl groups is 1. The number of anilines is 1. The summed E-state index contributed by atoms with van der Waals surface area (Å²) in [6.07, 6.45) is 0.673. The van der Waals surface area contributed by atoms with Crippen molar-refractivity contribution in [1.82, 2.24) is 5.16 Å². The number of aryl methyl sites for hydroxylation is 1. The molecule has 0 fully saturated rings. The third-order valence-corrected chi connectivity index (χ3v) is 5.26. The van der Waals surface area contributed by atoms with Crippen molar-refractivity contribution in [2.45, 2.75) is 18.2 Å². The molecule has 1 heterocycles. The first-order chi connectivity index (χ1) is 12.4. The zero-order valence-corrected chi connectivity index (χ0v) is 15.3. The van der Waals surface area contributed by atoms with E-state index in [0.717, 1.165) is 5.56 Å². The second kappa shape index (κ2) is 6.75. The average molecular weight is 378 g/mol. The molecule has 0 radical (unpaired) electrons. The third kappa shape index (κ3) is 3.13. The van der Waals surface area contributed by atoms with Crippen LogP contribution >= 0.6 is 0 Å². The first kappa shape index (κ1) is 17.9. The highest BCUT2D eigenvalue weighted by Crippen LogP contribution is 2.37. The van der Waals surface area contributed by atoms with Crippen molar-refractivity contribution in [2.75, 3.05) is 18.9 Å². The molecule has 0 aliphatic heterocycles. The first-order valence-electron chi connectivity index (χ1n) is 7.75. The maximum atomic E-state index is 12.9. The number of hydrogen-bond donors (Lipinski definition) is 2. The summed E-state index contributed by atoms with van der Waals surface area (Å²) in [5, 5.41) is 13.7. The van der Waals surface area contributed by atoms with Gasteiger partial charge in [-0.2, -0.15) is 0 Å². The molecule has 26 heavy (non-hydrogen) atoms. The molecule has 1 aromatic heterocycles. The molecule has 0 spiro atoms. The van der Waals surface area contributed by atoms with Gasteiger partial charge in [-0.15, -0.1) is 0 Å². The molecule has 138 valence electrons. The van der Waals surface area contributed by atoms with Crippen molar-refractivity contribution < 1.29 is 27.5 Å². The lowest BCUT2D eigenvalue weighted by Gasteiger charge is -2.12. The van der Waals surface area contributed by atoms with E-state index in [-0.39, 0.29) is 33.5 Å². The van der Waals surface area contributed by atoms with Crippen molar-refractivity contribution in [3.05, 3.63) is 35.9 Å². The average Bonchev–Trinajstić information content (AvgIpc) is 3.02. The molecule has 0 unspecified atom stereocenters. The highest BCUT2D eigenvalue weighted by Gasteiger charge is 2.24. The summed E-state index contributed by atoms with van der Waals surface area (Å²) in [4.78, 5) is -0.00625. The number of phenols is 1. The molecule has 0 amide bonds. The van der Waals surface area contributed by atoms with Crippen LogP contribution in [0.2, 0.25) is 0 Å². The normalized spacial score (nSPS) is 11.5. The fraction of sp³-hybridized carbons (Fsp3) is 0.235. The Balaban J connectivity index is 2.10. The van der Waals surface area contributed by atoms with Gasteiger partial charge in [-0.3, -0.25) is 4.72 Å². The van der Waals surface area contributed by atoms with Gasteiger partial charge in [-0.25, -0.2) is 8.42 Å². The number of fused-ring (bicyclic) bond motifs is 1. The van der Waals surface area contributed by atoms with Gasteiger partial charge in [0.25, 0.3) is 10.0 Å². The molecule has 3 aromatic rings. The summed E-state index contributed by atoms with van der Waals surface area (Å²) >= 11 is 0. The van der Waals surface area contributed by atoms with E-state index in [2.05, 4.69) is 9.88 Å². The maximum Gasteiger partial charge on any atom is 0.266 e. The van der Waals surface area contributed by atoms with Crippen molar-refractivity contribution in [3.63, 3.8) is 0 Å². The number of nitrogens with zero attached hydrogens (tertiary/aromatic N) is 1. The molecular formula is C17H18N2O6S. The summed E-state index contributed by atoms with van der Waals surface area (Å²) < 4.78 is 43.7. The van der Waals surface area contributed by atoms with E-state index in [4.69, 9.17) is 14.0 Å². The number of aromatic nitrogens is 1. The summed E-state index contributed by atoms with van der Waals surface area (Å²) in [6.45, 7) is 1.92. The molecule has 0 atom stereocenters. The number of rotatable bonds is 6. The van der Waals surface area contributed by atoms with Crippen LogP contribution in [0, 0.1) is 0 Å². The van der Waals surface area contributed by atoms with Crippen LogP contribution in [0.3, 0.4) is 0 Å². The fourth-order valence-electron chi connectivity index (χ4n) is 2.59. The van der Waals surface area contributed by atoms with Crippen LogP contribution in [0.5, 0.6) is 17.2 Å². The number of benzene rings is 2. The Morgan fingerprint density at radius 2 is 1.88 bits per heavy atom. The minimum atomic E-state index is -4.00. The lowest BCUT2D eigenvalue weighted by atomic mass is 10.2. The lowest BCUT2D eigenvalue weighted by molar-refractivity contribution is 0.402. The molecule has 0 saturated heterocycles. The van der Waals surface area contributed by atoms with Gasteiger partial charge in [0.1, 0.15) is 27.5 Å². The second-order valence-electron chi connectivity index (χ2n) is 5.50. The highest BCUT2D eigenvalue weighted by atomic mass is 32.2. The van der Waals surface area contributed by atoms with E-state index in [1.54, 1.807) is 18.2 Å². The van der Waals surface area contributed by atoms with E-state index in [9.17, 15) is 13.5 Å². The topological polar surface area (TPSA) is 111 Å². The van der Waals surface area contributed by atoms with Crippen LogP contribution in [0.15, 0.2) is 39.8 Å². The number of methoxy groups -OCH3 is 2. The quantitative estimate of drug-likeness (QED) is 0.678. The molecular weight excluding hydrogens is 360 g/mol. The molecule has 3 rings (SSSR count). The van der Waals surface area contributed by atoms with Crippen molar-refractivity contribution in [1.29, 1.82) is 0 Å². The van der Waals surface area contributed by atoms with Gasteiger partial charge < -0.3 is 19.1 Å². The van der Waals surface area contributed by atoms with Crippen LogP contribution in [0.1, 0.15) is 12.5 Å². The lowest BCUT2D eigenvalue weighted by Crippen LogP contribution is -2.15. The minimum Gasteiger partial charge on any atom is -0.508 e. The summed E-state index contributed by atoms with van der Waals surface area (Å²) in [6, 6.07) is 7.62. The van der Waals surface area contributed by atoms with Crippen LogP contribution in [-0.2, 0) is 16.4 Å². The van der Waals surface area contributed by atoms with Gasteiger partial charge in [-0.05, 0) is 24.1 Å². The number of ether oxygens (including phenoxy) is 2. The molecule has 0 aliphatic carbocycles. The largest absolute Gasteiger partial charge is 0.508 e. The second-order valence-corrected chi connectivity index (χ2v) is 7.15. The molecule has 2 N–H and O–H groups in total. The van der Waals surface area contributed by atoms with Crippen molar-refractivity contribution in [3.8, 4) is 17.2 Å². The Hall–Kier alpha value is -2.94. The smallest absolute Gasteiger partial charge is 0.266 e. The third-order valence-electron chi connectivity index (χ3n) is 3.90. The fourth-order valence-corrected chi connectivity index (χ4v) is 3.81. The van der Waals surface area contributed by atoms with E-state index in [1.165, 1.54) is 26.4 Å². The van der Waals surface area contributed by atoms with E-state index in [0.29, 0.717) is 11.8 Å². The highest BCUT2D eigenvalue weighted by molar-refractivity contribution is 7.92.